The summed E-state index contributed by atoms with van der Waals surface area (Å²) in [5.41, 5.74) is 2.19. The maximum Gasteiger partial charge on any atom is 0.165 e. The molecule has 0 spiro atoms. The Morgan fingerprint density at radius 1 is 1.29 bits per heavy atom. The van der Waals surface area contributed by atoms with Gasteiger partial charge in [-0.25, -0.2) is 0 Å². The van der Waals surface area contributed by atoms with Crippen molar-refractivity contribution in [1.82, 2.24) is 0 Å². The van der Waals surface area contributed by atoms with E-state index in [9.17, 15) is 4.79 Å². The predicted molar refractivity (Wildman–Crippen MR) is 73.5 cm³/mol. The van der Waals surface area contributed by atoms with Crippen LogP contribution in [0.2, 0.25) is 0 Å². The molecule has 1 aromatic rings. The quantitative estimate of drug-likeness (QED) is 0.693. The first kappa shape index (κ1) is 14.0. The maximum absolute atomic E-state index is 12.2. The number of rotatable bonds is 4. The number of Topliss-reactive ketones (excluding diaryl/α,β-unsaturated/α-hetero) is 1. The first-order valence-corrected chi connectivity index (χ1v) is 6.51. The Morgan fingerprint density at radius 3 is 2.47 bits per heavy atom. The Kier molecular flexibility index (Phi) is 4.50. The molecule has 0 aliphatic carbocycles. The first-order chi connectivity index (χ1) is 7.86. The monoisotopic (exact) mass is 232 g/mol. The fourth-order valence-electron chi connectivity index (χ4n) is 1.99. The van der Waals surface area contributed by atoms with Gasteiger partial charge in [0.05, 0.1) is 0 Å². The van der Waals surface area contributed by atoms with E-state index < -0.39 is 0 Å². The second-order valence-electron chi connectivity index (χ2n) is 5.88. The SMILES string of the molecule is CCCC(C)C(=O)c1cccc(C(C)(C)C)c1. The largest absolute Gasteiger partial charge is 0.294 e. The average Bonchev–Trinajstić information content (AvgIpc) is 2.27. The highest BCUT2D eigenvalue weighted by Crippen LogP contribution is 2.24. The van der Waals surface area contributed by atoms with Gasteiger partial charge in [0.2, 0.25) is 0 Å². The number of hydrogen-bond acceptors (Lipinski definition) is 1. The van der Waals surface area contributed by atoms with Crippen molar-refractivity contribution in [3.63, 3.8) is 0 Å². The van der Waals surface area contributed by atoms with Gasteiger partial charge in [-0.3, -0.25) is 4.79 Å². The molecule has 0 saturated heterocycles. The minimum absolute atomic E-state index is 0.101. The molecule has 1 unspecified atom stereocenters. The molecule has 1 atom stereocenters. The van der Waals surface area contributed by atoms with Crippen molar-refractivity contribution < 1.29 is 4.79 Å². The van der Waals surface area contributed by atoms with Crippen molar-refractivity contribution in [1.29, 1.82) is 0 Å². The summed E-state index contributed by atoms with van der Waals surface area (Å²) < 4.78 is 0. The van der Waals surface area contributed by atoms with Gasteiger partial charge in [-0.2, -0.15) is 0 Å². The van der Waals surface area contributed by atoms with Gasteiger partial charge < -0.3 is 0 Å². The highest BCUT2D eigenvalue weighted by Gasteiger charge is 2.18. The molecule has 0 aliphatic rings. The fraction of sp³-hybridized carbons (Fsp3) is 0.562. The summed E-state index contributed by atoms with van der Waals surface area (Å²) in [7, 11) is 0. The van der Waals surface area contributed by atoms with Gasteiger partial charge in [-0.05, 0) is 23.5 Å². The molecule has 0 amide bonds. The molecule has 0 aliphatic heterocycles. The van der Waals surface area contributed by atoms with E-state index in [0.717, 1.165) is 18.4 Å². The highest BCUT2D eigenvalue weighted by molar-refractivity contribution is 5.97. The average molecular weight is 232 g/mol. The molecule has 94 valence electrons. The molecule has 0 heterocycles. The zero-order valence-electron chi connectivity index (χ0n) is 11.7. The summed E-state index contributed by atoms with van der Waals surface area (Å²) >= 11 is 0. The van der Waals surface area contributed by atoms with Crippen LogP contribution in [-0.4, -0.2) is 5.78 Å². The Morgan fingerprint density at radius 2 is 1.94 bits per heavy atom. The van der Waals surface area contributed by atoms with E-state index in [1.165, 1.54) is 5.56 Å². The van der Waals surface area contributed by atoms with Gasteiger partial charge in [0.15, 0.2) is 5.78 Å². The van der Waals surface area contributed by atoms with Crippen molar-refractivity contribution in [2.24, 2.45) is 5.92 Å². The van der Waals surface area contributed by atoms with Crippen LogP contribution in [0.5, 0.6) is 0 Å². The predicted octanol–water partition coefficient (Wildman–Crippen LogP) is 4.60. The van der Waals surface area contributed by atoms with Gasteiger partial charge in [0.25, 0.3) is 0 Å². The number of carbonyl (C=O) groups is 1. The summed E-state index contributed by atoms with van der Waals surface area (Å²) in [5.74, 6) is 0.410. The second kappa shape index (κ2) is 5.48. The number of hydrogen-bond donors (Lipinski definition) is 0. The van der Waals surface area contributed by atoms with Crippen LogP contribution in [0.4, 0.5) is 0 Å². The Labute approximate surface area is 105 Å². The van der Waals surface area contributed by atoms with Crippen molar-refractivity contribution in [3.8, 4) is 0 Å². The normalized spacial score (nSPS) is 13.5. The van der Waals surface area contributed by atoms with E-state index in [0.29, 0.717) is 0 Å². The van der Waals surface area contributed by atoms with Crippen LogP contribution >= 0.6 is 0 Å². The standard InChI is InChI=1S/C16H24O/c1-6-8-12(2)15(17)13-9-7-10-14(11-13)16(3,4)5/h7,9-12H,6,8H2,1-5H3. The minimum Gasteiger partial charge on any atom is -0.294 e. The van der Waals surface area contributed by atoms with E-state index >= 15 is 0 Å². The summed E-state index contributed by atoms with van der Waals surface area (Å²) in [6, 6.07) is 8.08. The zero-order chi connectivity index (χ0) is 13.1. The maximum atomic E-state index is 12.2. The van der Waals surface area contributed by atoms with Crippen LogP contribution < -0.4 is 0 Å². The van der Waals surface area contributed by atoms with E-state index in [1.807, 2.05) is 19.1 Å². The van der Waals surface area contributed by atoms with Crippen LogP contribution in [0.3, 0.4) is 0 Å². The Hall–Kier alpha value is -1.11. The van der Waals surface area contributed by atoms with E-state index in [4.69, 9.17) is 0 Å². The van der Waals surface area contributed by atoms with Crippen LogP contribution in [0.15, 0.2) is 24.3 Å². The zero-order valence-corrected chi connectivity index (χ0v) is 11.7. The third kappa shape index (κ3) is 3.69. The van der Waals surface area contributed by atoms with Crippen LogP contribution in [0.25, 0.3) is 0 Å². The van der Waals surface area contributed by atoms with E-state index in [-0.39, 0.29) is 17.1 Å². The Balaban J connectivity index is 2.96. The van der Waals surface area contributed by atoms with E-state index in [2.05, 4.69) is 39.8 Å². The fourth-order valence-corrected chi connectivity index (χ4v) is 1.99. The number of ketones is 1. The second-order valence-corrected chi connectivity index (χ2v) is 5.88. The third-order valence-electron chi connectivity index (χ3n) is 3.18. The third-order valence-corrected chi connectivity index (χ3v) is 3.18. The van der Waals surface area contributed by atoms with Gasteiger partial charge in [-0.15, -0.1) is 0 Å². The van der Waals surface area contributed by atoms with Crippen molar-refractivity contribution in [3.05, 3.63) is 35.4 Å². The lowest BCUT2D eigenvalue weighted by Crippen LogP contribution is -2.15. The lowest BCUT2D eigenvalue weighted by Gasteiger charge is -2.20. The van der Waals surface area contributed by atoms with Crippen LogP contribution in [-0.2, 0) is 5.41 Å². The number of benzene rings is 1. The number of carbonyl (C=O) groups excluding carboxylic acids is 1. The minimum atomic E-state index is 0.101. The van der Waals surface area contributed by atoms with Crippen LogP contribution in [0.1, 0.15) is 63.4 Å². The molecule has 1 aromatic carbocycles. The molecule has 0 radical (unpaired) electrons. The van der Waals surface area contributed by atoms with Gasteiger partial charge in [0.1, 0.15) is 0 Å². The first-order valence-electron chi connectivity index (χ1n) is 6.51. The van der Waals surface area contributed by atoms with Gasteiger partial charge >= 0.3 is 0 Å². The summed E-state index contributed by atoms with van der Waals surface area (Å²) in [6.07, 6.45) is 2.03. The molecule has 0 N–H and O–H groups in total. The molecular formula is C16H24O. The lowest BCUT2D eigenvalue weighted by molar-refractivity contribution is 0.0923. The molecule has 17 heavy (non-hydrogen) atoms. The Bertz CT molecular complexity index is 385. The van der Waals surface area contributed by atoms with Gasteiger partial charge in [0, 0.05) is 11.5 Å². The molecule has 0 saturated carbocycles. The topological polar surface area (TPSA) is 17.1 Å². The van der Waals surface area contributed by atoms with E-state index in [1.54, 1.807) is 0 Å². The molecule has 1 heteroatoms. The smallest absolute Gasteiger partial charge is 0.165 e. The summed E-state index contributed by atoms with van der Waals surface area (Å²) in [6.45, 7) is 10.7. The van der Waals surface area contributed by atoms with Crippen molar-refractivity contribution in [2.75, 3.05) is 0 Å². The highest BCUT2D eigenvalue weighted by atomic mass is 16.1. The molecular weight excluding hydrogens is 208 g/mol. The molecule has 1 rings (SSSR count). The van der Waals surface area contributed by atoms with Crippen molar-refractivity contribution in [2.45, 2.75) is 52.9 Å². The lowest BCUT2D eigenvalue weighted by atomic mass is 9.84. The summed E-state index contributed by atoms with van der Waals surface area (Å²) in [5, 5.41) is 0. The van der Waals surface area contributed by atoms with Gasteiger partial charge in [-0.1, -0.05) is 59.2 Å². The molecule has 0 bridgehead atoms. The summed E-state index contributed by atoms with van der Waals surface area (Å²) in [4.78, 5) is 12.2. The molecule has 1 nitrogen and oxygen atoms in total. The molecule has 0 fully saturated rings. The van der Waals surface area contributed by atoms with Crippen molar-refractivity contribution >= 4 is 5.78 Å². The molecule has 0 aromatic heterocycles. The van der Waals surface area contributed by atoms with Crippen LogP contribution in [0, 0.1) is 5.92 Å².